The van der Waals surface area contributed by atoms with Crippen molar-refractivity contribution in [1.82, 2.24) is 4.90 Å². The Bertz CT molecular complexity index is 1340. The van der Waals surface area contributed by atoms with Gasteiger partial charge in [0, 0.05) is 0 Å². The van der Waals surface area contributed by atoms with E-state index in [9.17, 15) is 9.59 Å². The molecule has 0 atom stereocenters. The van der Waals surface area contributed by atoms with Gasteiger partial charge in [0.15, 0.2) is 11.5 Å². The molecule has 0 unspecified atom stereocenters. The lowest BCUT2D eigenvalue weighted by Crippen LogP contribution is -2.27. The predicted molar refractivity (Wildman–Crippen MR) is 152 cm³/mol. The summed E-state index contributed by atoms with van der Waals surface area (Å²) in [6.45, 7) is 9.48. The van der Waals surface area contributed by atoms with Crippen LogP contribution in [0.2, 0.25) is 0 Å². The normalized spacial score (nSPS) is 14.8. The Hall–Kier alpha value is -3.71. The van der Waals surface area contributed by atoms with Crippen LogP contribution in [0.4, 0.5) is 4.79 Å². The standard InChI is InChI=1S/C31H33NO5S/c1-21-8-6-7-9-23(21)20-32-29(33)28(38-30(32)34)19-22-10-15-26(27(18-22)35-5)37-17-16-36-25-13-11-24(12-14-25)31(2,3)4/h6-15,18-19H,16-17,20H2,1-5H3/b28-19-. The van der Waals surface area contributed by atoms with E-state index in [1.54, 1.807) is 25.3 Å². The first kappa shape index (κ1) is 27.3. The molecule has 4 rings (SSSR count). The van der Waals surface area contributed by atoms with Crippen LogP contribution in [0.3, 0.4) is 0 Å². The minimum Gasteiger partial charge on any atom is -0.493 e. The first-order chi connectivity index (χ1) is 18.2. The van der Waals surface area contributed by atoms with Crippen molar-refractivity contribution < 1.29 is 23.8 Å². The fourth-order valence-corrected chi connectivity index (χ4v) is 4.84. The van der Waals surface area contributed by atoms with Crippen molar-refractivity contribution >= 4 is 29.0 Å². The van der Waals surface area contributed by atoms with Gasteiger partial charge in [-0.15, -0.1) is 0 Å². The maximum Gasteiger partial charge on any atom is 0.293 e. The Labute approximate surface area is 228 Å². The fourth-order valence-electron chi connectivity index (χ4n) is 4.00. The minimum absolute atomic E-state index is 0.0975. The molecule has 1 aliphatic rings. The third kappa shape index (κ3) is 6.58. The van der Waals surface area contributed by atoms with E-state index < -0.39 is 0 Å². The molecule has 0 bridgehead atoms. The predicted octanol–water partition coefficient (Wildman–Crippen LogP) is 7.00. The van der Waals surface area contributed by atoms with Crippen LogP contribution >= 0.6 is 11.8 Å². The van der Waals surface area contributed by atoms with E-state index >= 15 is 0 Å². The van der Waals surface area contributed by atoms with Crippen molar-refractivity contribution in [2.75, 3.05) is 20.3 Å². The molecular formula is C31H33NO5S. The van der Waals surface area contributed by atoms with Gasteiger partial charge in [0.2, 0.25) is 0 Å². The number of imide groups is 1. The summed E-state index contributed by atoms with van der Waals surface area (Å²) in [4.78, 5) is 27.2. The van der Waals surface area contributed by atoms with Gasteiger partial charge in [0.1, 0.15) is 19.0 Å². The van der Waals surface area contributed by atoms with Gasteiger partial charge in [-0.3, -0.25) is 14.5 Å². The molecular weight excluding hydrogens is 498 g/mol. The molecule has 0 aliphatic carbocycles. The Balaban J connectivity index is 1.36. The van der Waals surface area contributed by atoms with E-state index in [1.165, 1.54) is 10.5 Å². The highest BCUT2D eigenvalue weighted by molar-refractivity contribution is 8.18. The van der Waals surface area contributed by atoms with Gasteiger partial charge in [-0.25, -0.2) is 0 Å². The van der Waals surface area contributed by atoms with Gasteiger partial charge < -0.3 is 14.2 Å². The summed E-state index contributed by atoms with van der Waals surface area (Å²) in [5.74, 6) is 1.60. The molecule has 0 radical (unpaired) electrons. The van der Waals surface area contributed by atoms with Crippen molar-refractivity contribution in [2.24, 2.45) is 0 Å². The molecule has 3 aromatic carbocycles. The molecule has 1 aliphatic heterocycles. The fraction of sp³-hybridized carbons (Fsp3) is 0.290. The number of benzene rings is 3. The molecule has 6 nitrogen and oxygen atoms in total. The Morgan fingerprint density at radius 1 is 0.895 bits per heavy atom. The van der Waals surface area contributed by atoms with Gasteiger partial charge in [-0.05, 0) is 76.7 Å². The van der Waals surface area contributed by atoms with Crippen molar-refractivity contribution in [3.63, 3.8) is 0 Å². The highest BCUT2D eigenvalue weighted by Gasteiger charge is 2.35. The number of carbonyl (C=O) groups is 2. The smallest absolute Gasteiger partial charge is 0.293 e. The lowest BCUT2D eigenvalue weighted by atomic mass is 9.87. The van der Waals surface area contributed by atoms with Crippen molar-refractivity contribution in [2.45, 2.75) is 39.7 Å². The summed E-state index contributed by atoms with van der Waals surface area (Å²) in [5, 5.41) is -0.274. The van der Waals surface area contributed by atoms with Crippen LogP contribution in [0.15, 0.2) is 71.6 Å². The number of nitrogens with zero attached hydrogens (tertiary/aromatic N) is 1. The van der Waals surface area contributed by atoms with Crippen LogP contribution in [0.1, 0.15) is 43.0 Å². The molecule has 0 saturated carbocycles. The van der Waals surface area contributed by atoms with Crippen LogP contribution in [-0.2, 0) is 16.8 Å². The third-order valence-corrected chi connectivity index (χ3v) is 7.19. The van der Waals surface area contributed by atoms with E-state index in [-0.39, 0.29) is 23.1 Å². The van der Waals surface area contributed by atoms with E-state index in [0.29, 0.717) is 29.6 Å². The number of hydrogen-bond donors (Lipinski definition) is 0. The van der Waals surface area contributed by atoms with Crippen LogP contribution < -0.4 is 14.2 Å². The van der Waals surface area contributed by atoms with E-state index in [0.717, 1.165) is 34.2 Å². The Morgan fingerprint density at radius 3 is 2.29 bits per heavy atom. The van der Waals surface area contributed by atoms with E-state index in [4.69, 9.17) is 14.2 Å². The Kier molecular flexibility index (Phi) is 8.47. The van der Waals surface area contributed by atoms with Gasteiger partial charge in [0.05, 0.1) is 18.6 Å². The summed E-state index contributed by atoms with van der Waals surface area (Å²) >= 11 is 0.946. The summed E-state index contributed by atoms with van der Waals surface area (Å²) < 4.78 is 17.2. The first-order valence-electron chi connectivity index (χ1n) is 12.5. The summed E-state index contributed by atoms with van der Waals surface area (Å²) in [7, 11) is 1.56. The first-order valence-corrected chi connectivity index (χ1v) is 13.3. The molecule has 0 spiro atoms. The molecule has 1 saturated heterocycles. The number of ether oxygens (including phenoxy) is 3. The topological polar surface area (TPSA) is 65.1 Å². The largest absolute Gasteiger partial charge is 0.493 e. The molecule has 2 amide bonds. The molecule has 1 fully saturated rings. The maximum absolute atomic E-state index is 13.0. The second-order valence-corrected chi connectivity index (χ2v) is 11.1. The van der Waals surface area contributed by atoms with Gasteiger partial charge in [-0.1, -0.05) is 63.2 Å². The number of aryl methyl sites for hydroxylation is 1. The number of carbonyl (C=O) groups excluding carboxylic acids is 2. The zero-order valence-corrected chi connectivity index (χ0v) is 23.3. The lowest BCUT2D eigenvalue weighted by molar-refractivity contribution is -0.123. The zero-order chi connectivity index (χ0) is 27.3. The molecule has 38 heavy (non-hydrogen) atoms. The highest BCUT2D eigenvalue weighted by atomic mass is 32.2. The number of hydrogen-bond acceptors (Lipinski definition) is 6. The molecule has 7 heteroatoms. The SMILES string of the molecule is COc1cc(/C=C2\SC(=O)N(Cc3ccccc3C)C2=O)ccc1OCCOc1ccc(C(C)(C)C)cc1. The minimum atomic E-state index is -0.296. The van der Waals surface area contributed by atoms with Gasteiger partial charge in [-0.2, -0.15) is 0 Å². The average Bonchev–Trinajstić information content (AvgIpc) is 3.15. The second-order valence-electron chi connectivity index (χ2n) is 10.1. The molecule has 0 N–H and O–H groups in total. The number of amides is 2. The van der Waals surface area contributed by atoms with Gasteiger partial charge >= 0.3 is 0 Å². The van der Waals surface area contributed by atoms with Crippen molar-refractivity contribution in [3.05, 3.63) is 93.9 Å². The number of methoxy groups -OCH3 is 1. The highest BCUT2D eigenvalue weighted by Crippen LogP contribution is 2.35. The van der Waals surface area contributed by atoms with Gasteiger partial charge in [0.25, 0.3) is 11.1 Å². The number of rotatable bonds is 9. The third-order valence-electron chi connectivity index (χ3n) is 6.28. The molecule has 3 aromatic rings. The Morgan fingerprint density at radius 2 is 1.61 bits per heavy atom. The quantitative estimate of drug-likeness (QED) is 0.219. The zero-order valence-electron chi connectivity index (χ0n) is 22.4. The number of thioether (sulfide) groups is 1. The van der Waals surface area contributed by atoms with Crippen molar-refractivity contribution in [1.29, 1.82) is 0 Å². The summed E-state index contributed by atoms with van der Waals surface area (Å²) in [5.41, 5.74) is 4.08. The molecule has 0 aromatic heterocycles. The van der Waals surface area contributed by atoms with Crippen LogP contribution in [0, 0.1) is 6.92 Å². The van der Waals surface area contributed by atoms with Crippen molar-refractivity contribution in [3.8, 4) is 17.2 Å². The van der Waals surface area contributed by atoms with E-state index in [2.05, 4.69) is 32.9 Å². The van der Waals surface area contributed by atoms with Crippen LogP contribution in [-0.4, -0.2) is 36.4 Å². The maximum atomic E-state index is 13.0. The van der Waals surface area contributed by atoms with Crippen LogP contribution in [0.25, 0.3) is 6.08 Å². The summed E-state index contributed by atoms with van der Waals surface area (Å²) in [6, 6.07) is 21.3. The second kappa shape index (κ2) is 11.8. The van der Waals surface area contributed by atoms with E-state index in [1.807, 2.05) is 49.4 Å². The monoisotopic (exact) mass is 531 g/mol. The molecule has 198 valence electrons. The average molecular weight is 532 g/mol. The summed E-state index contributed by atoms with van der Waals surface area (Å²) in [6.07, 6.45) is 1.71. The van der Waals surface area contributed by atoms with Crippen LogP contribution in [0.5, 0.6) is 17.2 Å². The lowest BCUT2D eigenvalue weighted by Gasteiger charge is -2.19. The molecule has 1 heterocycles.